The summed E-state index contributed by atoms with van der Waals surface area (Å²) in [4.78, 5) is 48.5. The minimum absolute atomic E-state index is 0.126. The number of nitrogens with zero attached hydrogens (tertiary/aromatic N) is 1. The van der Waals surface area contributed by atoms with Gasteiger partial charge in [-0.3, -0.25) is 19.8 Å². The molecule has 1 heterocycles. The van der Waals surface area contributed by atoms with Gasteiger partial charge in [0.15, 0.2) is 0 Å². The summed E-state index contributed by atoms with van der Waals surface area (Å²) in [5.41, 5.74) is -0.998. The number of imide groups is 2. The number of carbonyl (C=O) groups excluding carboxylic acids is 4. The van der Waals surface area contributed by atoms with Crippen molar-refractivity contribution in [1.82, 2.24) is 20.9 Å². The molecule has 8 heteroatoms. The molecule has 0 aromatic heterocycles. The van der Waals surface area contributed by atoms with Gasteiger partial charge in [-0.1, -0.05) is 13.8 Å². The number of urea groups is 2. The van der Waals surface area contributed by atoms with Crippen molar-refractivity contribution < 1.29 is 19.2 Å². The Labute approximate surface area is 136 Å². The van der Waals surface area contributed by atoms with E-state index >= 15 is 0 Å². The maximum Gasteiger partial charge on any atom is 0.325 e. The fourth-order valence-electron chi connectivity index (χ4n) is 2.25. The summed E-state index contributed by atoms with van der Waals surface area (Å²) < 4.78 is 0. The summed E-state index contributed by atoms with van der Waals surface area (Å²) in [7, 11) is 0. The Morgan fingerprint density at radius 1 is 1.22 bits per heavy atom. The van der Waals surface area contributed by atoms with Crippen molar-refractivity contribution in [2.24, 2.45) is 5.92 Å². The molecule has 8 nitrogen and oxygen atoms in total. The Morgan fingerprint density at radius 3 is 2.35 bits per heavy atom. The largest absolute Gasteiger partial charge is 0.336 e. The average Bonchev–Trinajstić information content (AvgIpc) is 2.59. The van der Waals surface area contributed by atoms with Crippen molar-refractivity contribution in [3.63, 3.8) is 0 Å². The maximum atomic E-state index is 12.4. The van der Waals surface area contributed by atoms with Crippen LogP contribution in [0, 0.1) is 5.92 Å². The highest BCUT2D eigenvalue weighted by molar-refractivity contribution is 6.09. The lowest BCUT2D eigenvalue weighted by Crippen LogP contribution is -2.48. The minimum atomic E-state index is -0.998. The zero-order chi connectivity index (χ0) is 17.8. The molecule has 0 aromatic carbocycles. The van der Waals surface area contributed by atoms with E-state index in [9.17, 15) is 19.2 Å². The van der Waals surface area contributed by atoms with Crippen molar-refractivity contribution in [2.75, 3.05) is 6.54 Å². The first-order valence-electron chi connectivity index (χ1n) is 7.79. The summed E-state index contributed by atoms with van der Waals surface area (Å²) in [6.45, 7) is 8.74. The fraction of sp³-hybridized carbons (Fsp3) is 0.733. The maximum absolute atomic E-state index is 12.4. The number of rotatable bonds is 6. The zero-order valence-corrected chi connectivity index (χ0v) is 14.4. The van der Waals surface area contributed by atoms with Gasteiger partial charge in [-0.2, -0.15) is 0 Å². The molecule has 0 radical (unpaired) electrons. The second kappa shape index (κ2) is 7.43. The Balaban J connectivity index is 2.63. The molecule has 0 aromatic rings. The van der Waals surface area contributed by atoms with E-state index in [0.717, 1.165) is 11.3 Å². The molecule has 3 N–H and O–H groups in total. The average molecular weight is 326 g/mol. The summed E-state index contributed by atoms with van der Waals surface area (Å²) in [6, 6.07) is -1.39. The highest BCUT2D eigenvalue weighted by Gasteiger charge is 2.47. The number of hydrogen-bond donors (Lipinski definition) is 3. The predicted molar refractivity (Wildman–Crippen MR) is 84.5 cm³/mol. The van der Waals surface area contributed by atoms with Gasteiger partial charge >= 0.3 is 12.1 Å². The minimum Gasteiger partial charge on any atom is -0.336 e. The molecule has 1 aliphatic heterocycles. The van der Waals surface area contributed by atoms with Crippen LogP contribution >= 0.6 is 0 Å². The summed E-state index contributed by atoms with van der Waals surface area (Å²) >= 11 is 0. The number of amides is 6. The van der Waals surface area contributed by atoms with Crippen LogP contribution in [-0.2, 0) is 9.59 Å². The lowest BCUT2D eigenvalue weighted by Gasteiger charge is -2.22. The highest BCUT2D eigenvalue weighted by atomic mass is 16.2. The number of carbonyl (C=O) groups is 4. The third-order valence-electron chi connectivity index (χ3n) is 3.54. The molecule has 6 amide bonds. The summed E-state index contributed by atoms with van der Waals surface area (Å²) in [5.74, 6) is -0.754. The van der Waals surface area contributed by atoms with E-state index in [0.29, 0.717) is 12.3 Å². The Bertz CT molecular complexity index is 504. The topological polar surface area (TPSA) is 108 Å². The fourth-order valence-corrected chi connectivity index (χ4v) is 2.25. The van der Waals surface area contributed by atoms with Gasteiger partial charge in [-0.15, -0.1) is 0 Å². The highest BCUT2D eigenvalue weighted by Crippen LogP contribution is 2.24. The van der Waals surface area contributed by atoms with Crippen molar-refractivity contribution in [1.29, 1.82) is 0 Å². The van der Waals surface area contributed by atoms with E-state index in [1.165, 1.54) is 0 Å². The monoisotopic (exact) mass is 326 g/mol. The van der Waals surface area contributed by atoms with Crippen LogP contribution < -0.4 is 16.0 Å². The quantitative estimate of drug-likeness (QED) is 0.632. The van der Waals surface area contributed by atoms with Crippen molar-refractivity contribution >= 4 is 23.9 Å². The molecule has 130 valence electrons. The molecule has 1 unspecified atom stereocenters. The molecule has 1 aliphatic rings. The predicted octanol–water partition coefficient (Wildman–Crippen LogP) is 0.967. The summed E-state index contributed by atoms with van der Waals surface area (Å²) in [5, 5.41) is 7.22. The van der Waals surface area contributed by atoms with Gasteiger partial charge in [0, 0.05) is 6.04 Å². The second-order valence-electron chi connectivity index (χ2n) is 6.76. The van der Waals surface area contributed by atoms with Crippen LogP contribution in [0.25, 0.3) is 0 Å². The lowest BCUT2D eigenvalue weighted by molar-refractivity contribution is -0.134. The van der Waals surface area contributed by atoms with Crippen LogP contribution in [0.3, 0.4) is 0 Å². The van der Waals surface area contributed by atoms with E-state index in [2.05, 4.69) is 16.0 Å². The van der Waals surface area contributed by atoms with Crippen LogP contribution in [-0.4, -0.2) is 46.9 Å². The van der Waals surface area contributed by atoms with Crippen LogP contribution in [0.1, 0.15) is 47.5 Å². The van der Waals surface area contributed by atoms with Crippen molar-refractivity contribution in [2.45, 2.75) is 59.0 Å². The third-order valence-corrected chi connectivity index (χ3v) is 3.54. The van der Waals surface area contributed by atoms with Gasteiger partial charge in [0.1, 0.15) is 12.1 Å². The van der Waals surface area contributed by atoms with Crippen molar-refractivity contribution in [3.05, 3.63) is 0 Å². The first-order valence-corrected chi connectivity index (χ1v) is 7.79. The molecule has 23 heavy (non-hydrogen) atoms. The van der Waals surface area contributed by atoms with Gasteiger partial charge in [0.2, 0.25) is 5.91 Å². The Kier molecular flexibility index (Phi) is 6.12. The van der Waals surface area contributed by atoms with Gasteiger partial charge < -0.3 is 10.6 Å². The van der Waals surface area contributed by atoms with Crippen LogP contribution in [0.15, 0.2) is 0 Å². The molecule has 1 rings (SSSR count). The van der Waals surface area contributed by atoms with Crippen molar-refractivity contribution in [3.8, 4) is 0 Å². The van der Waals surface area contributed by atoms with E-state index in [4.69, 9.17) is 0 Å². The lowest BCUT2D eigenvalue weighted by atomic mass is 9.92. The van der Waals surface area contributed by atoms with Crippen LogP contribution in [0.2, 0.25) is 0 Å². The van der Waals surface area contributed by atoms with E-state index in [1.807, 2.05) is 13.8 Å². The molecular weight excluding hydrogens is 300 g/mol. The first-order chi connectivity index (χ1) is 10.5. The molecule has 0 aliphatic carbocycles. The van der Waals surface area contributed by atoms with Gasteiger partial charge in [0.05, 0.1) is 0 Å². The summed E-state index contributed by atoms with van der Waals surface area (Å²) in [6.07, 6.45) is 1.28. The van der Waals surface area contributed by atoms with Crippen LogP contribution in [0.5, 0.6) is 0 Å². The van der Waals surface area contributed by atoms with Gasteiger partial charge in [-0.05, 0) is 39.5 Å². The van der Waals surface area contributed by atoms with E-state index in [1.54, 1.807) is 20.8 Å². The molecule has 1 saturated heterocycles. The molecule has 0 saturated carbocycles. The Hall–Kier alpha value is -2.12. The second-order valence-corrected chi connectivity index (χ2v) is 6.76. The molecule has 0 bridgehead atoms. The van der Waals surface area contributed by atoms with Crippen LogP contribution in [0.4, 0.5) is 9.59 Å². The smallest absolute Gasteiger partial charge is 0.325 e. The molecular formula is C15H26N4O4. The third kappa shape index (κ3) is 5.22. The zero-order valence-electron chi connectivity index (χ0n) is 14.4. The molecule has 1 fully saturated rings. The van der Waals surface area contributed by atoms with Gasteiger partial charge in [-0.25, -0.2) is 9.59 Å². The van der Waals surface area contributed by atoms with E-state index < -0.39 is 36.0 Å². The molecule has 1 atom stereocenters. The normalized spacial score (nSPS) is 20.9. The number of hydrogen-bond acceptors (Lipinski definition) is 4. The standard InChI is InChI=1S/C15H26N4O4/c1-9(2)6-7-15(5)12(21)19(14(23)18-15)8-11(20)17-13(22)16-10(3)4/h9-10H,6-8H2,1-5H3,(H,18,23)(H2,16,17,20,22). The number of nitrogens with one attached hydrogen (secondary N) is 3. The molecule has 0 spiro atoms. The Morgan fingerprint density at radius 2 is 1.83 bits per heavy atom. The SMILES string of the molecule is CC(C)CCC1(C)NC(=O)N(CC(=O)NC(=O)NC(C)C)C1=O. The first kappa shape index (κ1) is 18.9. The van der Waals surface area contributed by atoms with Gasteiger partial charge in [0.25, 0.3) is 5.91 Å². The van der Waals surface area contributed by atoms with E-state index in [-0.39, 0.29) is 6.04 Å².